The lowest BCUT2D eigenvalue weighted by molar-refractivity contribution is -0.137. The first kappa shape index (κ1) is 14.3. The van der Waals surface area contributed by atoms with Gasteiger partial charge in [-0.25, -0.2) is 0 Å². The summed E-state index contributed by atoms with van der Waals surface area (Å²) in [6.45, 7) is 1.14. The van der Waals surface area contributed by atoms with Gasteiger partial charge in [0.1, 0.15) is 0 Å². The highest BCUT2D eigenvalue weighted by molar-refractivity contribution is 9.10. The summed E-state index contributed by atoms with van der Waals surface area (Å²) in [5, 5.41) is 2.80. The van der Waals surface area contributed by atoms with Crippen molar-refractivity contribution in [2.75, 3.05) is 32.5 Å². The Morgan fingerprint density at radius 3 is 2.47 bits per heavy atom. The molecule has 2 nitrogen and oxygen atoms in total. The van der Waals surface area contributed by atoms with E-state index in [0.29, 0.717) is 17.6 Å². The van der Waals surface area contributed by atoms with Crippen molar-refractivity contribution >= 4 is 21.6 Å². The van der Waals surface area contributed by atoms with Crippen LogP contribution in [0.15, 0.2) is 22.7 Å². The molecule has 1 aromatic carbocycles. The summed E-state index contributed by atoms with van der Waals surface area (Å²) >= 11 is 3.04. The second kappa shape index (κ2) is 5.73. The number of alkyl halides is 3. The first-order valence-corrected chi connectivity index (χ1v) is 5.85. The maximum atomic E-state index is 12.7. The standard InChI is InChI=1S/C11H14BrF3N2/c1-17(2)6-5-16-10-4-3-8(12)7-9(10)11(13,14)15/h3-4,7,16H,5-6H2,1-2H3. The molecule has 0 bridgehead atoms. The van der Waals surface area contributed by atoms with Crippen molar-refractivity contribution in [3.8, 4) is 0 Å². The van der Waals surface area contributed by atoms with Gasteiger partial charge in [0.05, 0.1) is 5.56 Å². The van der Waals surface area contributed by atoms with Gasteiger partial charge in [-0.3, -0.25) is 0 Å². The third-order valence-electron chi connectivity index (χ3n) is 2.16. The van der Waals surface area contributed by atoms with Crippen molar-refractivity contribution in [2.24, 2.45) is 0 Å². The molecule has 1 N–H and O–H groups in total. The summed E-state index contributed by atoms with van der Waals surface area (Å²) in [6, 6.07) is 4.10. The van der Waals surface area contributed by atoms with Crippen LogP contribution in [0.2, 0.25) is 0 Å². The largest absolute Gasteiger partial charge is 0.418 e. The minimum atomic E-state index is -4.34. The summed E-state index contributed by atoms with van der Waals surface area (Å²) < 4.78 is 38.6. The topological polar surface area (TPSA) is 15.3 Å². The van der Waals surface area contributed by atoms with Crippen molar-refractivity contribution in [1.29, 1.82) is 0 Å². The van der Waals surface area contributed by atoms with Crippen molar-refractivity contribution in [2.45, 2.75) is 6.18 Å². The lowest BCUT2D eigenvalue weighted by Gasteiger charge is -2.16. The molecule has 0 unspecified atom stereocenters. The minimum absolute atomic E-state index is 0.113. The van der Waals surface area contributed by atoms with Crippen LogP contribution in [0.4, 0.5) is 18.9 Å². The molecule has 0 amide bonds. The number of anilines is 1. The van der Waals surface area contributed by atoms with Crippen LogP contribution in [0.25, 0.3) is 0 Å². The Hall–Kier alpha value is -0.750. The van der Waals surface area contributed by atoms with Gasteiger partial charge in [-0.15, -0.1) is 0 Å². The van der Waals surface area contributed by atoms with Crippen molar-refractivity contribution < 1.29 is 13.2 Å². The summed E-state index contributed by atoms with van der Waals surface area (Å²) in [5.74, 6) is 0. The number of hydrogen-bond acceptors (Lipinski definition) is 2. The molecule has 1 rings (SSSR count). The van der Waals surface area contributed by atoms with Crippen molar-refractivity contribution in [3.63, 3.8) is 0 Å². The van der Waals surface area contributed by atoms with E-state index in [9.17, 15) is 13.2 Å². The lowest BCUT2D eigenvalue weighted by Crippen LogP contribution is -2.22. The summed E-state index contributed by atoms with van der Waals surface area (Å²) in [5.41, 5.74) is -0.534. The van der Waals surface area contributed by atoms with Crippen LogP contribution in [0.1, 0.15) is 5.56 Å². The predicted molar refractivity (Wildman–Crippen MR) is 66.2 cm³/mol. The zero-order valence-corrected chi connectivity index (χ0v) is 11.2. The fourth-order valence-electron chi connectivity index (χ4n) is 1.32. The van der Waals surface area contributed by atoms with E-state index in [4.69, 9.17) is 0 Å². The Morgan fingerprint density at radius 1 is 1.29 bits per heavy atom. The van der Waals surface area contributed by atoms with Crippen LogP contribution in [-0.4, -0.2) is 32.1 Å². The Morgan fingerprint density at radius 2 is 1.94 bits per heavy atom. The van der Waals surface area contributed by atoms with E-state index in [1.54, 1.807) is 6.07 Å². The molecule has 1 aromatic rings. The Balaban J connectivity index is 2.84. The van der Waals surface area contributed by atoms with Gasteiger partial charge in [-0.2, -0.15) is 13.2 Å². The number of hydrogen-bond donors (Lipinski definition) is 1. The Kier molecular flexibility index (Phi) is 4.82. The molecule has 0 aliphatic carbocycles. The van der Waals surface area contributed by atoms with E-state index in [2.05, 4.69) is 21.2 Å². The van der Waals surface area contributed by atoms with E-state index >= 15 is 0 Å². The zero-order chi connectivity index (χ0) is 13.1. The van der Waals surface area contributed by atoms with Crippen LogP contribution in [0.5, 0.6) is 0 Å². The molecule has 0 fully saturated rings. The first-order chi connectivity index (χ1) is 7.80. The SMILES string of the molecule is CN(C)CCNc1ccc(Br)cc1C(F)(F)F. The van der Waals surface area contributed by atoms with E-state index in [1.165, 1.54) is 6.07 Å². The van der Waals surface area contributed by atoms with Gasteiger partial charge >= 0.3 is 6.18 Å². The van der Waals surface area contributed by atoms with Gasteiger partial charge in [0, 0.05) is 23.2 Å². The van der Waals surface area contributed by atoms with Crippen LogP contribution >= 0.6 is 15.9 Å². The molecule has 0 saturated carbocycles. The number of nitrogens with one attached hydrogen (secondary N) is 1. The Bertz CT molecular complexity index is 377. The maximum Gasteiger partial charge on any atom is 0.418 e. The number of likely N-dealkylation sites (N-methyl/N-ethyl adjacent to an activating group) is 1. The van der Waals surface area contributed by atoms with Gasteiger partial charge in [-0.05, 0) is 32.3 Å². The highest BCUT2D eigenvalue weighted by Crippen LogP contribution is 2.36. The van der Waals surface area contributed by atoms with Crippen LogP contribution in [0.3, 0.4) is 0 Å². The molecule has 0 spiro atoms. The highest BCUT2D eigenvalue weighted by atomic mass is 79.9. The zero-order valence-electron chi connectivity index (χ0n) is 9.61. The molecule has 6 heteroatoms. The van der Waals surface area contributed by atoms with Crippen molar-refractivity contribution in [3.05, 3.63) is 28.2 Å². The average Bonchev–Trinajstić information content (AvgIpc) is 2.18. The third kappa shape index (κ3) is 4.55. The smallest absolute Gasteiger partial charge is 0.383 e. The fourth-order valence-corrected chi connectivity index (χ4v) is 1.68. The predicted octanol–water partition coefficient (Wildman–Crippen LogP) is 3.44. The van der Waals surface area contributed by atoms with Gasteiger partial charge in [0.15, 0.2) is 0 Å². The quantitative estimate of drug-likeness (QED) is 0.916. The molecule has 0 heterocycles. The molecular weight excluding hydrogens is 297 g/mol. The molecule has 0 aromatic heterocycles. The van der Waals surface area contributed by atoms with Gasteiger partial charge < -0.3 is 10.2 Å². The number of nitrogens with zero attached hydrogens (tertiary/aromatic N) is 1. The van der Waals surface area contributed by atoms with E-state index in [0.717, 1.165) is 6.07 Å². The Labute approximate surface area is 107 Å². The van der Waals surface area contributed by atoms with Gasteiger partial charge in [0.2, 0.25) is 0 Å². The highest BCUT2D eigenvalue weighted by Gasteiger charge is 2.33. The normalized spacial score (nSPS) is 11.9. The van der Waals surface area contributed by atoms with Crippen LogP contribution in [-0.2, 0) is 6.18 Å². The van der Waals surface area contributed by atoms with E-state index < -0.39 is 11.7 Å². The second-order valence-electron chi connectivity index (χ2n) is 3.92. The molecule has 17 heavy (non-hydrogen) atoms. The number of benzene rings is 1. The van der Waals surface area contributed by atoms with Gasteiger partial charge in [-0.1, -0.05) is 15.9 Å². The molecule has 0 aliphatic rings. The van der Waals surface area contributed by atoms with Crippen LogP contribution < -0.4 is 5.32 Å². The monoisotopic (exact) mass is 310 g/mol. The molecule has 96 valence electrons. The fraction of sp³-hybridized carbons (Fsp3) is 0.455. The van der Waals surface area contributed by atoms with E-state index in [-0.39, 0.29) is 5.69 Å². The van der Waals surface area contributed by atoms with E-state index in [1.807, 2.05) is 19.0 Å². The lowest BCUT2D eigenvalue weighted by atomic mass is 10.1. The van der Waals surface area contributed by atoms with Gasteiger partial charge in [0.25, 0.3) is 0 Å². The minimum Gasteiger partial charge on any atom is -0.383 e. The summed E-state index contributed by atoms with van der Waals surface area (Å²) in [4.78, 5) is 1.90. The summed E-state index contributed by atoms with van der Waals surface area (Å²) in [7, 11) is 3.74. The van der Waals surface area contributed by atoms with Crippen molar-refractivity contribution in [1.82, 2.24) is 4.90 Å². The molecule has 0 atom stereocenters. The molecular formula is C11H14BrF3N2. The number of halogens is 4. The second-order valence-corrected chi connectivity index (χ2v) is 4.83. The average molecular weight is 311 g/mol. The molecule has 0 saturated heterocycles. The number of rotatable bonds is 4. The third-order valence-corrected chi connectivity index (χ3v) is 2.65. The molecule has 0 radical (unpaired) electrons. The maximum absolute atomic E-state index is 12.7. The van der Waals surface area contributed by atoms with Crippen LogP contribution in [0, 0.1) is 0 Å². The molecule has 0 aliphatic heterocycles. The first-order valence-electron chi connectivity index (χ1n) is 5.06. The summed E-state index contributed by atoms with van der Waals surface area (Å²) in [6.07, 6.45) is -4.34.